The minimum atomic E-state index is -0.448. The van der Waals surface area contributed by atoms with E-state index in [4.69, 9.17) is 0 Å². The lowest BCUT2D eigenvalue weighted by molar-refractivity contribution is 0.102. The zero-order valence-corrected chi connectivity index (χ0v) is 12.5. The molecule has 0 bridgehead atoms. The SMILES string of the molecule is Cc1cc(NC(=O)c2cc(C3CC3)[nH]c(=O)c2)c(=O)n(C)c1. The number of aryl methyl sites for hydroxylation is 2. The van der Waals surface area contributed by atoms with Crippen molar-refractivity contribution < 1.29 is 4.79 Å². The van der Waals surface area contributed by atoms with Gasteiger partial charge in [0.25, 0.3) is 11.5 Å². The molecule has 6 nitrogen and oxygen atoms in total. The first-order valence-corrected chi connectivity index (χ1v) is 7.17. The van der Waals surface area contributed by atoms with E-state index in [1.54, 1.807) is 25.4 Å². The number of pyridine rings is 2. The highest BCUT2D eigenvalue weighted by atomic mass is 16.2. The number of nitrogens with zero attached hydrogens (tertiary/aromatic N) is 1. The van der Waals surface area contributed by atoms with E-state index >= 15 is 0 Å². The third kappa shape index (κ3) is 2.86. The van der Waals surface area contributed by atoms with Gasteiger partial charge in [-0.2, -0.15) is 0 Å². The van der Waals surface area contributed by atoms with Crippen molar-refractivity contribution in [3.63, 3.8) is 0 Å². The number of aromatic nitrogens is 2. The number of amides is 1. The Morgan fingerprint density at radius 1 is 1.27 bits per heavy atom. The molecule has 0 unspecified atom stereocenters. The number of rotatable bonds is 3. The van der Waals surface area contributed by atoms with Crippen molar-refractivity contribution >= 4 is 11.6 Å². The molecule has 2 N–H and O–H groups in total. The minimum Gasteiger partial charge on any atom is -0.326 e. The van der Waals surface area contributed by atoms with E-state index in [1.807, 2.05) is 6.92 Å². The molecule has 6 heteroatoms. The first-order chi connectivity index (χ1) is 10.4. The average Bonchev–Trinajstić information content (AvgIpc) is 3.28. The topological polar surface area (TPSA) is 84.0 Å². The van der Waals surface area contributed by atoms with E-state index in [9.17, 15) is 14.4 Å². The molecule has 114 valence electrons. The second-order valence-electron chi connectivity index (χ2n) is 5.76. The van der Waals surface area contributed by atoms with Crippen molar-refractivity contribution in [1.82, 2.24) is 9.55 Å². The largest absolute Gasteiger partial charge is 0.326 e. The summed E-state index contributed by atoms with van der Waals surface area (Å²) in [7, 11) is 1.63. The molecule has 1 amide bonds. The predicted octanol–water partition coefficient (Wildman–Crippen LogP) is 1.51. The van der Waals surface area contributed by atoms with Crippen LogP contribution in [0.2, 0.25) is 0 Å². The number of hydrogen-bond donors (Lipinski definition) is 2. The van der Waals surface area contributed by atoms with Crippen LogP contribution in [0.4, 0.5) is 5.69 Å². The van der Waals surface area contributed by atoms with E-state index in [0.29, 0.717) is 5.92 Å². The lowest BCUT2D eigenvalue weighted by atomic mass is 10.1. The third-order valence-electron chi connectivity index (χ3n) is 3.71. The fourth-order valence-corrected chi connectivity index (χ4v) is 2.47. The summed E-state index contributed by atoms with van der Waals surface area (Å²) in [5.74, 6) is -0.108. The smallest absolute Gasteiger partial charge is 0.274 e. The Balaban J connectivity index is 1.92. The zero-order valence-electron chi connectivity index (χ0n) is 12.5. The molecule has 1 aliphatic carbocycles. The molecule has 2 aromatic rings. The number of carbonyl (C=O) groups is 1. The lowest BCUT2D eigenvalue weighted by Gasteiger charge is -2.08. The van der Waals surface area contributed by atoms with Crippen molar-refractivity contribution in [2.45, 2.75) is 25.7 Å². The van der Waals surface area contributed by atoms with Gasteiger partial charge in [0, 0.05) is 30.6 Å². The molecular formula is C16H17N3O3. The quantitative estimate of drug-likeness (QED) is 0.901. The van der Waals surface area contributed by atoms with Crippen LogP contribution in [0.25, 0.3) is 0 Å². The summed E-state index contributed by atoms with van der Waals surface area (Å²) in [6.45, 7) is 1.84. The van der Waals surface area contributed by atoms with Gasteiger partial charge in [-0.1, -0.05) is 0 Å². The maximum absolute atomic E-state index is 12.3. The predicted molar refractivity (Wildman–Crippen MR) is 83.4 cm³/mol. The Labute approximate surface area is 126 Å². The van der Waals surface area contributed by atoms with Gasteiger partial charge in [-0.15, -0.1) is 0 Å². The minimum absolute atomic E-state index is 0.209. The van der Waals surface area contributed by atoms with Crippen LogP contribution in [-0.2, 0) is 7.05 Å². The number of carbonyl (C=O) groups excluding carboxylic acids is 1. The molecule has 2 heterocycles. The van der Waals surface area contributed by atoms with E-state index in [0.717, 1.165) is 24.1 Å². The Bertz CT molecular complexity index is 860. The number of aromatic amines is 1. The van der Waals surface area contributed by atoms with Gasteiger partial charge in [0.05, 0.1) is 0 Å². The average molecular weight is 299 g/mol. The van der Waals surface area contributed by atoms with Gasteiger partial charge in [-0.25, -0.2) is 0 Å². The van der Waals surface area contributed by atoms with Crippen LogP contribution in [0.5, 0.6) is 0 Å². The van der Waals surface area contributed by atoms with Gasteiger partial charge in [-0.05, 0) is 43.4 Å². The molecule has 1 aliphatic rings. The van der Waals surface area contributed by atoms with Crippen LogP contribution in [0.15, 0.2) is 34.0 Å². The van der Waals surface area contributed by atoms with E-state index < -0.39 is 5.91 Å². The first kappa shape index (κ1) is 14.3. The standard InChI is InChI=1S/C16H17N3O3/c1-9-5-13(16(22)19(2)8-9)18-15(21)11-6-12(10-3-4-10)17-14(20)7-11/h5-8,10H,3-4H2,1-2H3,(H,17,20)(H,18,21). The lowest BCUT2D eigenvalue weighted by Crippen LogP contribution is -2.25. The van der Waals surface area contributed by atoms with Crippen LogP contribution in [-0.4, -0.2) is 15.5 Å². The monoisotopic (exact) mass is 299 g/mol. The van der Waals surface area contributed by atoms with Gasteiger partial charge in [0.15, 0.2) is 0 Å². The first-order valence-electron chi connectivity index (χ1n) is 7.17. The normalized spacial score (nSPS) is 13.9. The third-order valence-corrected chi connectivity index (χ3v) is 3.71. The Morgan fingerprint density at radius 2 is 2.00 bits per heavy atom. The number of anilines is 1. The molecule has 0 aliphatic heterocycles. The summed E-state index contributed by atoms with van der Waals surface area (Å²) in [6.07, 6.45) is 3.75. The van der Waals surface area contributed by atoms with Crippen LogP contribution in [0.1, 0.15) is 40.4 Å². The maximum Gasteiger partial charge on any atom is 0.274 e. The Hall–Kier alpha value is -2.63. The van der Waals surface area contributed by atoms with E-state index in [-0.39, 0.29) is 22.4 Å². The number of hydrogen-bond acceptors (Lipinski definition) is 3. The molecule has 22 heavy (non-hydrogen) atoms. The van der Waals surface area contributed by atoms with Gasteiger partial charge >= 0.3 is 0 Å². The molecule has 2 aromatic heterocycles. The highest BCUT2D eigenvalue weighted by Gasteiger charge is 2.25. The summed E-state index contributed by atoms with van der Waals surface area (Å²) in [6, 6.07) is 4.56. The molecule has 0 atom stereocenters. The van der Waals surface area contributed by atoms with Crippen molar-refractivity contribution in [2.24, 2.45) is 7.05 Å². The highest BCUT2D eigenvalue weighted by molar-refractivity contribution is 6.04. The van der Waals surface area contributed by atoms with E-state index in [2.05, 4.69) is 10.3 Å². The molecule has 1 saturated carbocycles. The molecular weight excluding hydrogens is 282 g/mol. The summed E-state index contributed by atoms with van der Waals surface area (Å²) < 4.78 is 1.42. The van der Waals surface area contributed by atoms with Gasteiger partial charge < -0.3 is 14.9 Å². The van der Waals surface area contributed by atoms with Crippen molar-refractivity contribution in [3.8, 4) is 0 Å². The molecule has 0 aromatic carbocycles. The number of nitrogens with one attached hydrogen (secondary N) is 2. The fraction of sp³-hybridized carbons (Fsp3) is 0.312. The fourth-order valence-electron chi connectivity index (χ4n) is 2.47. The second kappa shape index (κ2) is 5.29. The second-order valence-corrected chi connectivity index (χ2v) is 5.76. The molecule has 0 radical (unpaired) electrons. The van der Waals surface area contributed by atoms with E-state index in [1.165, 1.54) is 10.6 Å². The summed E-state index contributed by atoms with van der Waals surface area (Å²) in [5.41, 5.74) is 1.55. The van der Waals surface area contributed by atoms with Crippen LogP contribution >= 0.6 is 0 Å². The molecule has 0 saturated heterocycles. The summed E-state index contributed by atoms with van der Waals surface area (Å²) in [5, 5.41) is 2.60. The van der Waals surface area contributed by atoms with Crippen molar-refractivity contribution in [2.75, 3.05) is 5.32 Å². The highest BCUT2D eigenvalue weighted by Crippen LogP contribution is 2.38. The van der Waals surface area contributed by atoms with Gasteiger partial charge in [0.2, 0.25) is 5.56 Å². The van der Waals surface area contributed by atoms with Crippen molar-refractivity contribution in [1.29, 1.82) is 0 Å². The number of H-pyrrole nitrogens is 1. The maximum atomic E-state index is 12.3. The molecule has 0 spiro atoms. The summed E-state index contributed by atoms with van der Waals surface area (Å²) in [4.78, 5) is 38.8. The molecule has 3 rings (SSSR count). The molecule has 1 fully saturated rings. The van der Waals surface area contributed by atoms with Crippen LogP contribution < -0.4 is 16.4 Å². The van der Waals surface area contributed by atoms with Crippen LogP contribution in [0.3, 0.4) is 0 Å². The summed E-state index contributed by atoms with van der Waals surface area (Å²) >= 11 is 0. The van der Waals surface area contributed by atoms with Gasteiger partial charge in [-0.3, -0.25) is 14.4 Å². The van der Waals surface area contributed by atoms with Gasteiger partial charge in [0.1, 0.15) is 5.69 Å². The van der Waals surface area contributed by atoms with Crippen molar-refractivity contribution in [3.05, 3.63) is 61.9 Å². The Kier molecular flexibility index (Phi) is 3.44. The van der Waals surface area contributed by atoms with Crippen LogP contribution in [0, 0.1) is 6.92 Å². The zero-order chi connectivity index (χ0) is 15.9. The Morgan fingerprint density at radius 3 is 2.68 bits per heavy atom.